The van der Waals surface area contributed by atoms with Gasteiger partial charge in [-0.25, -0.2) is 27.5 Å². The first-order valence-corrected chi connectivity index (χ1v) is 9.79. The van der Waals surface area contributed by atoms with Crippen LogP contribution in [0.25, 0.3) is 22.6 Å². The molecular weight excluding hydrogens is 434 g/mol. The van der Waals surface area contributed by atoms with Crippen LogP contribution in [0.15, 0.2) is 28.8 Å². The van der Waals surface area contributed by atoms with E-state index in [4.69, 9.17) is 13.9 Å². The molecule has 2 heterocycles. The number of oxazole rings is 1. The van der Waals surface area contributed by atoms with E-state index in [1.165, 1.54) is 19.2 Å². The van der Waals surface area contributed by atoms with Crippen LogP contribution in [0.1, 0.15) is 20.3 Å². The Morgan fingerprint density at radius 3 is 2.72 bits per heavy atom. The highest BCUT2D eigenvalue weighted by molar-refractivity contribution is 5.76. The van der Waals surface area contributed by atoms with Gasteiger partial charge in [-0.15, -0.1) is 0 Å². The lowest BCUT2D eigenvalue weighted by Gasteiger charge is -2.12. The molecule has 1 amide bonds. The molecule has 1 aromatic carbocycles. The monoisotopic (exact) mass is 453 g/mol. The van der Waals surface area contributed by atoms with E-state index in [0.29, 0.717) is 5.52 Å². The number of ether oxygens (including phenoxy) is 2. The minimum Gasteiger partial charge on any atom is -0.490 e. The molecule has 2 atom stereocenters. The molecule has 1 unspecified atom stereocenters. The molecule has 0 radical (unpaired) electrons. The third-order valence-corrected chi connectivity index (χ3v) is 4.83. The molecule has 0 saturated heterocycles. The molecule has 1 N–H and O–H groups in total. The third kappa shape index (κ3) is 4.76. The summed E-state index contributed by atoms with van der Waals surface area (Å²) in [6.07, 6.45) is 1.02. The summed E-state index contributed by atoms with van der Waals surface area (Å²) in [4.78, 5) is 19.2. The van der Waals surface area contributed by atoms with Gasteiger partial charge in [-0.1, -0.05) is 0 Å². The van der Waals surface area contributed by atoms with Crippen LogP contribution in [0.3, 0.4) is 0 Å². The normalized spacial score (nSPS) is 17.8. The number of pyridine rings is 1. The molecule has 1 fully saturated rings. The number of nitrogens with one attached hydrogen (secondary N) is 1. The Kier molecular flexibility index (Phi) is 5.66. The van der Waals surface area contributed by atoms with Crippen LogP contribution >= 0.6 is 0 Å². The minimum absolute atomic E-state index is 0.160. The van der Waals surface area contributed by atoms with Crippen molar-refractivity contribution >= 4 is 17.0 Å². The van der Waals surface area contributed by atoms with Crippen LogP contribution in [-0.4, -0.2) is 41.1 Å². The molecule has 0 aliphatic heterocycles. The average Bonchev–Trinajstić information content (AvgIpc) is 3.13. The van der Waals surface area contributed by atoms with Gasteiger partial charge in [0.25, 0.3) is 5.92 Å². The number of alkyl halides is 2. The highest BCUT2D eigenvalue weighted by atomic mass is 19.3. The van der Waals surface area contributed by atoms with Crippen molar-refractivity contribution in [2.45, 2.75) is 32.2 Å². The smallest absolute Gasteiger partial charge is 0.255 e. The summed E-state index contributed by atoms with van der Waals surface area (Å²) < 4.78 is 70.8. The fourth-order valence-corrected chi connectivity index (χ4v) is 3.05. The number of rotatable bonds is 8. The van der Waals surface area contributed by atoms with Gasteiger partial charge in [0.2, 0.25) is 17.7 Å². The van der Waals surface area contributed by atoms with Gasteiger partial charge >= 0.3 is 0 Å². The molecule has 0 spiro atoms. The number of halogens is 4. The van der Waals surface area contributed by atoms with Crippen LogP contribution < -0.4 is 14.8 Å². The van der Waals surface area contributed by atoms with Crippen LogP contribution in [0.2, 0.25) is 0 Å². The van der Waals surface area contributed by atoms with E-state index in [1.807, 2.05) is 0 Å². The summed E-state index contributed by atoms with van der Waals surface area (Å²) in [5.41, 5.74) is 0.260. The second-order valence-electron chi connectivity index (χ2n) is 7.66. The summed E-state index contributed by atoms with van der Waals surface area (Å²) in [7, 11) is 0. The van der Waals surface area contributed by atoms with Gasteiger partial charge < -0.3 is 19.2 Å². The molecule has 3 aromatic rings. The Morgan fingerprint density at radius 2 is 2.03 bits per heavy atom. The van der Waals surface area contributed by atoms with Gasteiger partial charge in [0, 0.05) is 25.5 Å². The van der Waals surface area contributed by atoms with Crippen molar-refractivity contribution < 1.29 is 36.2 Å². The quantitative estimate of drug-likeness (QED) is 0.517. The van der Waals surface area contributed by atoms with Crippen molar-refractivity contribution in [2.75, 3.05) is 13.2 Å². The first-order valence-electron chi connectivity index (χ1n) is 9.79. The van der Waals surface area contributed by atoms with Crippen molar-refractivity contribution in [1.82, 2.24) is 15.3 Å². The van der Waals surface area contributed by atoms with Gasteiger partial charge in [0.15, 0.2) is 17.1 Å². The van der Waals surface area contributed by atoms with Crippen LogP contribution in [-0.2, 0) is 4.79 Å². The molecule has 1 saturated carbocycles. The van der Waals surface area contributed by atoms with Gasteiger partial charge in [0.1, 0.15) is 17.9 Å². The van der Waals surface area contributed by atoms with Gasteiger partial charge in [-0.2, -0.15) is 0 Å². The highest BCUT2D eigenvalue weighted by Crippen LogP contribution is 2.48. The predicted octanol–water partition coefficient (Wildman–Crippen LogP) is 4.11. The Hall–Kier alpha value is -3.37. The molecule has 1 aliphatic rings. The van der Waals surface area contributed by atoms with Crippen molar-refractivity contribution in [3.63, 3.8) is 0 Å². The maximum atomic E-state index is 14.6. The van der Waals surface area contributed by atoms with E-state index < -0.39 is 35.8 Å². The van der Waals surface area contributed by atoms with E-state index in [2.05, 4.69) is 15.3 Å². The largest absolute Gasteiger partial charge is 0.490 e. The Bertz CT molecular complexity index is 1170. The highest BCUT2D eigenvalue weighted by Gasteiger charge is 2.57. The van der Waals surface area contributed by atoms with Crippen LogP contribution in [0, 0.1) is 17.6 Å². The van der Waals surface area contributed by atoms with Gasteiger partial charge in [-0.3, -0.25) is 4.79 Å². The lowest BCUT2D eigenvalue weighted by atomic mass is 10.2. The Labute approximate surface area is 179 Å². The fraction of sp³-hybridized carbons (Fsp3) is 0.381. The molecule has 170 valence electrons. The van der Waals surface area contributed by atoms with Gasteiger partial charge in [0.05, 0.1) is 30.3 Å². The molecule has 32 heavy (non-hydrogen) atoms. The zero-order valence-corrected chi connectivity index (χ0v) is 17.1. The summed E-state index contributed by atoms with van der Waals surface area (Å²) in [5.74, 6) is -6.27. The number of carbonyl (C=O) groups is 1. The van der Waals surface area contributed by atoms with Crippen molar-refractivity contribution in [3.05, 3.63) is 36.0 Å². The van der Waals surface area contributed by atoms with Crippen LogP contribution in [0.5, 0.6) is 11.6 Å². The van der Waals surface area contributed by atoms with E-state index in [9.17, 15) is 22.4 Å². The number of carbonyl (C=O) groups excluding carboxylic acids is 1. The molecule has 0 bridgehead atoms. The summed E-state index contributed by atoms with van der Waals surface area (Å²) >= 11 is 0. The number of hydrogen-bond donors (Lipinski definition) is 1. The predicted molar refractivity (Wildman–Crippen MR) is 104 cm³/mol. The maximum absolute atomic E-state index is 14.6. The second kappa shape index (κ2) is 8.29. The number of benzene rings is 1. The SMILES string of the molecule is CC(=O)N[C@@H](C)COc1cc2oc(-c3cc(F)c(OCC4CC4(F)F)cc3F)nc2cn1. The number of aromatic nitrogens is 2. The van der Waals surface area contributed by atoms with Crippen molar-refractivity contribution in [3.8, 4) is 23.1 Å². The Morgan fingerprint density at radius 1 is 1.28 bits per heavy atom. The zero-order chi connectivity index (χ0) is 23.0. The molecule has 4 rings (SSSR count). The number of fused-ring (bicyclic) bond motifs is 1. The lowest BCUT2D eigenvalue weighted by molar-refractivity contribution is -0.119. The van der Waals surface area contributed by atoms with E-state index in [1.54, 1.807) is 6.92 Å². The first kappa shape index (κ1) is 21.8. The summed E-state index contributed by atoms with van der Waals surface area (Å²) in [5, 5.41) is 2.66. The first-order chi connectivity index (χ1) is 15.1. The van der Waals surface area contributed by atoms with Crippen LogP contribution in [0.4, 0.5) is 17.6 Å². The molecule has 11 heteroatoms. The number of hydrogen-bond acceptors (Lipinski definition) is 6. The van der Waals surface area contributed by atoms with E-state index >= 15 is 0 Å². The zero-order valence-electron chi connectivity index (χ0n) is 17.1. The van der Waals surface area contributed by atoms with Crippen molar-refractivity contribution in [2.24, 2.45) is 5.92 Å². The summed E-state index contributed by atoms with van der Waals surface area (Å²) in [6, 6.07) is 2.80. The van der Waals surface area contributed by atoms with Crippen molar-refractivity contribution in [1.29, 1.82) is 0 Å². The minimum atomic E-state index is -2.81. The maximum Gasteiger partial charge on any atom is 0.255 e. The van der Waals surface area contributed by atoms with E-state index in [0.717, 1.165) is 12.1 Å². The molecule has 1 aliphatic carbocycles. The fourth-order valence-electron chi connectivity index (χ4n) is 3.05. The second-order valence-corrected chi connectivity index (χ2v) is 7.66. The standard InChI is InChI=1S/C21H19F4N3O4/c1-10(27-11(2)29)8-31-19-5-18-16(7-26-19)28-20(32-18)13-3-15(23)17(4-14(13)22)30-9-12-6-21(12,24)25/h3-5,7,10,12H,6,8-9H2,1-2H3,(H,27,29)/t10-,12?/m0/s1. The van der Waals surface area contributed by atoms with Gasteiger partial charge in [-0.05, 0) is 13.0 Å². The molecular formula is C21H19F4N3O4. The Balaban J connectivity index is 1.49. The molecule has 2 aromatic heterocycles. The summed E-state index contributed by atoms with van der Waals surface area (Å²) in [6.45, 7) is 2.91. The average molecular weight is 453 g/mol. The molecule has 7 nitrogen and oxygen atoms in total. The lowest BCUT2D eigenvalue weighted by Crippen LogP contribution is -2.35. The number of amides is 1. The number of nitrogens with zero attached hydrogens (tertiary/aromatic N) is 2. The van der Waals surface area contributed by atoms with E-state index in [-0.39, 0.29) is 47.9 Å². The third-order valence-electron chi connectivity index (χ3n) is 4.83. The topological polar surface area (TPSA) is 86.5 Å².